The second-order valence-corrected chi connectivity index (χ2v) is 8.93. The Labute approximate surface area is 182 Å². The van der Waals surface area contributed by atoms with Gasteiger partial charge in [-0.2, -0.15) is 0 Å². The van der Waals surface area contributed by atoms with Gasteiger partial charge in [0.2, 0.25) is 0 Å². The number of hydrogen-bond acceptors (Lipinski definition) is 2. The van der Waals surface area contributed by atoms with Crippen molar-refractivity contribution >= 4 is 35.0 Å². The van der Waals surface area contributed by atoms with Crippen LogP contribution in [0.15, 0.2) is 70.6 Å². The van der Waals surface area contributed by atoms with Crippen molar-refractivity contribution in [3.8, 4) is 0 Å². The normalized spacial score (nSPS) is 12.3. The van der Waals surface area contributed by atoms with Gasteiger partial charge < -0.3 is 9.67 Å². The second kappa shape index (κ2) is 11.0. The van der Waals surface area contributed by atoms with E-state index in [-0.39, 0.29) is 6.61 Å². The van der Waals surface area contributed by atoms with Crippen molar-refractivity contribution in [1.82, 2.24) is 4.57 Å². The van der Waals surface area contributed by atoms with Crippen molar-refractivity contribution < 1.29 is 5.11 Å². The van der Waals surface area contributed by atoms with E-state index in [2.05, 4.69) is 37.1 Å². The maximum absolute atomic E-state index is 9.99. The molecule has 1 heterocycles. The van der Waals surface area contributed by atoms with E-state index in [1.54, 1.807) is 23.9 Å². The van der Waals surface area contributed by atoms with Crippen molar-refractivity contribution in [3.05, 3.63) is 82.0 Å². The van der Waals surface area contributed by atoms with E-state index < -0.39 is 0 Å². The summed E-state index contributed by atoms with van der Waals surface area (Å²) in [5, 5.41) is 12.3. The fraction of sp³-hybridized carbons (Fsp3) is 0.304. The first-order valence-electron chi connectivity index (χ1n) is 9.28. The lowest BCUT2D eigenvalue weighted by Crippen LogP contribution is -2.07. The summed E-state index contributed by atoms with van der Waals surface area (Å²) in [4.78, 5) is 0.978. The number of aromatic nitrogens is 1. The minimum absolute atomic E-state index is 0.0147. The van der Waals surface area contributed by atoms with E-state index in [4.69, 9.17) is 23.2 Å². The Kier molecular flexibility index (Phi) is 8.97. The van der Waals surface area contributed by atoms with Crippen molar-refractivity contribution in [2.75, 3.05) is 0 Å². The van der Waals surface area contributed by atoms with Crippen LogP contribution in [0.3, 0.4) is 0 Å². The van der Waals surface area contributed by atoms with Crippen LogP contribution < -0.4 is 0 Å². The zero-order chi connectivity index (χ0) is 20.7. The maximum Gasteiger partial charge on any atom is 0.0835 e. The topological polar surface area (TPSA) is 25.2 Å². The van der Waals surface area contributed by atoms with Gasteiger partial charge in [0.05, 0.1) is 11.6 Å². The van der Waals surface area contributed by atoms with Crippen molar-refractivity contribution in [3.63, 3.8) is 0 Å². The molecule has 1 aromatic carbocycles. The second-order valence-electron chi connectivity index (χ2n) is 6.99. The van der Waals surface area contributed by atoms with Gasteiger partial charge in [-0.05, 0) is 54.7 Å². The van der Waals surface area contributed by atoms with E-state index in [1.165, 1.54) is 5.56 Å². The molecule has 0 bridgehead atoms. The fourth-order valence-electron chi connectivity index (χ4n) is 3.06. The quantitative estimate of drug-likeness (QED) is 0.417. The van der Waals surface area contributed by atoms with Crippen LogP contribution in [-0.4, -0.2) is 9.67 Å². The summed E-state index contributed by atoms with van der Waals surface area (Å²) in [7, 11) is 0. The first kappa shape index (κ1) is 22.9. The molecule has 0 atom stereocenters. The summed E-state index contributed by atoms with van der Waals surface area (Å²) in [6, 6.07) is 7.67. The van der Waals surface area contributed by atoms with Gasteiger partial charge in [0, 0.05) is 27.2 Å². The Morgan fingerprint density at radius 2 is 1.89 bits per heavy atom. The maximum atomic E-state index is 9.99. The number of allylic oxidation sites excluding steroid dienone is 5. The highest BCUT2D eigenvalue weighted by Gasteiger charge is 2.18. The predicted octanol–water partition coefficient (Wildman–Crippen LogP) is 7.33. The number of halogens is 2. The minimum Gasteiger partial charge on any atom is -0.390 e. The van der Waals surface area contributed by atoms with Crippen molar-refractivity contribution in [1.29, 1.82) is 0 Å². The molecule has 0 aliphatic rings. The lowest BCUT2D eigenvalue weighted by Gasteiger charge is -2.15. The van der Waals surface area contributed by atoms with E-state index >= 15 is 0 Å². The minimum atomic E-state index is -0.0147. The van der Waals surface area contributed by atoms with Gasteiger partial charge in [-0.15, -0.1) is 0 Å². The van der Waals surface area contributed by atoms with E-state index in [9.17, 15) is 5.11 Å². The molecule has 2 rings (SSSR count). The zero-order valence-corrected chi connectivity index (χ0v) is 18.9. The van der Waals surface area contributed by atoms with Gasteiger partial charge in [-0.1, -0.05) is 79.7 Å². The third-order valence-corrected chi connectivity index (χ3v) is 5.69. The molecule has 28 heavy (non-hydrogen) atoms. The molecule has 1 aromatic heterocycles. The molecular formula is C23H27Cl2NOS. The molecule has 0 aliphatic heterocycles. The SMILES string of the molecule is C=C/C=C(\C=C/C)Cn1c(CO)cc(CC(C)C)c1Sc1cc(Cl)cc(Cl)c1. The Morgan fingerprint density at radius 1 is 1.21 bits per heavy atom. The van der Waals surface area contributed by atoms with Crippen LogP contribution >= 0.6 is 35.0 Å². The Morgan fingerprint density at radius 3 is 2.43 bits per heavy atom. The molecule has 0 spiro atoms. The largest absolute Gasteiger partial charge is 0.390 e. The van der Waals surface area contributed by atoms with E-state index in [0.717, 1.165) is 27.6 Å². The number of rotatable bonds is 9. The first-order valence-corrected chi connectivity index (χ1v) is 10.9. The van der Waals surface area contributed by atoms with Crippen molar-refractivity contribution in [2.45, 2.75) is 50.3 Å². The third kappa shape index (κ3) is 6.31. The standard InChI is InChI=1S/C23H27Cl2NOS/c1-5-7-17(8-6-2)14-26-21(15-27)10-18(9-16(3)4)23(26)28-22-12-19(24)11-20(25)13-22/h5-8,10-13,16,27H,1,9,14-15H2,2-4H3/b8-6-,17-7+. The van der Waals surface area contributed by atoms with Crippen LogP contribution in [0.1, 0.15) is 32.0 Å². The molecule has 0 fully saturated rings. The first-order chi connectivity index (χ1) is 13.4. The molecule has 150 valence electrons. The summed E-state index contributed by atoms with van der Waals surface area (Å²) >= 11 is 14.0. The summed E-state index contributed by atoms with van der Waals surface area (Å²) in [5.41, 5.74) is 3.23. The molecule has 0 saturated carbocycles. The van der Waals surface area contributed by atoms with Gasteiger partial charge in [-0.25, -0.2) is 0 Å². The van der Waals surface area contributed by atoms with Gasteiger partial charge in [0.25, 0.3) is 0 Å². The number of hydrogen-bond donors (Lipinski definition) is 1. The molecule has 5 heteroatoms. The molecule has 0 radical (unpaired) electrons. The number of aliphatic hydroxyl groups is 1. The van der Waals surface area contributed by atoms with Gasteiger partial charge >= 0.3 is 0 Å². The predicted molar refractivity (Wildman–Crippen MR) is 123 cm³/mol. The molecule has 0 aliphatic carbocycles. The highest BCUT2D eigenvalue weighted by molar-refractivity contribution is 7.99. The van der Waals surface area contributed by atoms with E-state index in [0.29, 0.717) is 22.5 Å². The zero-order valence-electron chi connectivity index (χ0n) is 16.6. The van der Waals surface area contributed by atoms with Crippen LogP contribution in [0, 0.1) is 5.92 Å². The smallest absolute Gasteiger partial charge is 0.0835 e. The lowest BCUT2D eigenvalue weighted by molar-refractivity contribution is 0.270. The number of nitrogens with zero attached hydrogens (tertiary/aromatic N) is 1. The number of aliphatic hydroxyl groups excluding tert-OH is 1. The Bertz CT molecular complexity index is 861. The molecule has 0 saturated heterocycles. The molecule has 1 N–H and O–H groups in total. The van der Waals surface area contributed by atoms with Crippen LogP contribution in [0.2, 0.25) is 10.0 Å². The average Bonchev–Trinajstić information content (AvgIpc) is 2.90. The molecular weight excluding hydrogens is 409 g/mol. The number of benzene rings is 1. The lowest BCUT2D eigenvalue weighted by atomic mass is 10.1. The highest BCUT2D eigenvalue weighted by atomic mass is 35.5. The molecule has 2 aromatic rings. The summed E-state index contributed by atoms with van der Waals surface area (Å²) in [6.07, 6.45) is 8.79. The third-order valence-electron chi connectivity index (χ3n) is 4.10. The van der Waals surface area contributed by atoms with Crippen LogP contribution in [0.4, 0.5) is 0 Å². The van der Waals surface area contributed by atoms with Crippen molar-refractivity contribution in [2.24, 2.45) is 5.92 Å². The van der Waals surface area contributed by atoms with Gasteiger partial charge in [0.15, 0.2) is 0 Å². The van der Waals surface area contributed by atoms with Crippen LogP contribution in [0.25, 0.3) is 0 Å². The summed E-state index contributed by atoms with van der Waals surface area (Å²) < 4.78 is 2.17. The molecule has 0 unspecified atom stereocenters. The Hall–Kier alpha value is -1.39. The van der Waals surface area contributed by atoms with Crippen LogP contribution in [-0.2, 0) is 19.6 Å². The van der Waals surface area contributed by atoms with Gasteiger partial charge in [0.1, 0.15) is 0 Å². The van der Waals surface area contributed by atoms with Gasteiger partial charge in [-0.3, -0.25) is 0 Å². The average molecular weight is 436 g/mol. The summed E-state index contributed by atoms with van der Waals surface area (Å²) in [5.74, 6) is 0.503. The highest BCUT2D eigenvalue weighted by Crippen LogP contribution is 2.37. The molecule has 2 nitrogen and oxygen atoms in total. The van der Waals surface area contributed by atoms with E-state index in [1.807, 2.05) is 31.2 Å². The fourth-order valence-corrected chi connectivity index (χ4v) is 4.88. The summed E-state index contributed by atoms with van der Waals surface area (Å²) in [6.45, 7) is 10.8. The van der Waals surface area contributed by atoms with Crippen LogP contribution in [0.5, 0.6) is 0 Å². The molecule has 0 amide bonds. The Balaban J connectivity index is 2.56. The monoisotopic (exact) mass is 435 g/mol.